The third-order valence-electron chi connectivity index (χ3n) is 2.42. The van der Waals surface area contributed by atoms with Crippen molar-refractivity contribution >= 4 is 11.9 Å². The molecule has 1 aromatic rings. The summed E-state index contributed by atoms with van der Waals surface area (Å²) < 4.78 is 9.94. The molecule has 0 radical (unpaired) electrons. The Bertz CT molecular complexity index is 445. The van der Waals surface area contributed by atoms with Gasteiger partial charge in [-0.15, -0.1) is 0 Å². The summed E-state index contributed by atoms with van der Waals surface area (Å²) in [4.78, 5) is 27.5. The van der Waals surface area contributed by atoms with E-state index in [-0.39, 0.29) is 25.7 Å². The second kappa shape index (κ2) is 6.83. The van der Waals surface area contributed by atoms with Gasteiger partial charge < -0.3 is 19.3 Å². The van der Waals surface area contributed by atoms with Gasteiger partial charge in [0.1, 0.15) is 13.2 Å². The average Bonchev–Trinajstić information content (AvgIpc) is 2.74. The Labute approximate surface area is 110 Å². The maximum Gasteiger partial charge on any atom is 0.308 e. The van der Waals surface area contributed by atoms with E-state index in [0.29, 0.717) is 11.7 Å². The maximum absolute atomic E-state index is 11.6. The highest BCUT2D eigenvalue weighted by Gasteiger charge is 2.17. The van der Waals surface area contributed by atoms with Gasteiger partial charge in [0.15, 0.2) is 5.82 Å². The van der Waals surface area contributed by atoms with E-state index in [9.17, 15) is 9.59 Å². The Morgan fingerprint density at radius 2 is 2.21 bits per heavy atom. The summed E-state index contributed by atoms with van der Waals surface area (Å²) in [6, 6.07) is 0. The van der Waals surface area contributed by atoms with E-state index >= 15 is 0 Å². The zero-order valence-electron chi connectivity index (χ0n) is 11.1. The minimum absolute atomic E-state index is 0.0505. The predicted octanol–water partition coefficient (Wildman–Crippen LogP) is 0.0737. The quantitative estimate of drug-likeness (QED) is 0.748. The number of aliphatic carboxylic acids is 1. The topological polar surface area (TPSA) is 106 Å². The molecule has 1 N–H and O–H groups in total. The molecule has 0 aliphatic rings. The van der Waals surface area contributed by atoms with Gasteiger partial charge >= 0.3 is 5.97 Å². The van der Waals surface area contributed by atoms with Crippen molar-refractivity contribution in [3.05, 3.63) is 11.7 Å². The Hall–Kier alpha value is -1.96. The highest BCUT2D eigenvalue weighted by molar-refractivity contribution is 5.78. The van der Waals surface area contributed by atoms with Crippen molar-refractivity contribution in [1.29, 1.82) is 0 Å². The van der Waals surface area contributed by atoms with Crippen LogP contribution in [0.1, 0.15) is 18.6 Å². The fourth-order valence-corrected chi connectivity index (χ4v) is 1.33. The first-order chi connectivity index (χ1) is 8.90. The van der Waals surface area contributed by atoms with Crippen molar-refractivity contribution in [2.45, 2.75) is 20.5 Å². The van der Waals surface area contributed by atoms with Gasteiger partial charge in [0.05, 0.1) is 5.92 Å². The fraction of sp³-hybridized carbons (Fsp3) is 0.636. The van der Waals surface area contributed by atoms with Crippen LogP contribution < -0.4 is 0 Å². The summed E-state index contributed by atoms with van der Waals surface area (Å²) in [6.45, 7) is 3.24. The van der Waals surface area contributed by atoms with Gasteiger partial charge in [0.25, 0.3) is 5.89 Å². The number of nitrogens with zero attached hydrogens (tertiary/aromatic N) is 3. The molecule has 1 aromatic heterocycles. The molecule has 19 heavy (non-hydrogen) atoms. The molecule has 8 heteroatoms. The predicted molar refractivity (Wildman–Crippen MR) is 63.1 cm³/mol. The van der Waals surface area contributed by atoms with Crippen LogP contribution in [0.4, 0.5) is 0 Å². The number of carbonyl (C=O) groups excluding carboxylic acids is 1. The molecular weight excluding hydrogens is 254 g/mol. The van der Waals surface area contributed by atoms with E-state index in [1.165, 1.54) is 18.9 Å². The molecule has 1 heterocycles. The summed E-state index contributed by atoms with van der Waals surface area (Å²) in [5.41, 5.74) is 0. The largest absolute Gasteiger partial charge is 0.481 e. The number of hydrogen-bond acceptors (Lipinski definition) is 6. The molecule has 0 saturated heterocycles. The number of hydrogen-bond donors (Lipinski definition) is 1. The molecule has 8 nitrogen and oxygen atoms in total. The molecule has 0 bridgehead atoms. The zero-order chi connectivity index (χ0) is 14.4. The van der Waals surface area contributed by atoms with E-state index in [0.717, 1.165) is 0 Å². The molecule has 1 rings (SSSR count). The first-order valence-electron chi connectivity index (χ1n) is 5.74. The van der Waals surface area contributed by atoms with Gasteiger partial charge in [-0.1, -0.05) is 12.1 Å². The van der Waals surface area contributed by atoms with Crippen LogP contribution in [0.15, 0.2) is 4.52 Å². The van der Waals surface area contributed by atoms with Crippen molar-refractivity contribution in [2.24, 2.45) is 5.92 Å². The molecule has 0 aliphatic heterocycles. The molecular formula is C11H17N3O5. The molecule has 0 aromatic carbocycles. The van der Waals surface area contributed by atoms with Crippen LogP contribution in [0.5, 0.6) is 0 Å². The number of aryl methyl sites for hydroxylation is 1. The highest BCUT2D eigenvalue weighted by atomic mass is 16.5. The number of likely N-dealkylation sites (N-methyl/N-ethyl adjacent to an activating group) is 1. The van der Waals surface area contributed by atoms with Crippen LogP contribution in [0, 0.1) is 12.8 Å². The molecule has 1 unspecified atom stereocenters. The Balaban J connectivity index is 2.28. The number of carboxylic acid groups (broad SMARTS) is 1. The smallest absolute Gasteiger partial charge is 0.308 e. The van der Waals surface area contributed by atoms with Gasteiger partial charge in [-0.2, -0.15) is 4.98 Å². The molecule has 1 amide bonds. The standard InChI is InChI=1S/C11H17N3O5/c1-7(11(16)17)4-14(3)10(15)6-18-5-9-12-8(2)13-19-9/h7H,4-6H2,1-3H3,(H,16,17). The van der Waals surface area contributed by atoms with Gasteiger partial charge in [-0.25, -0.2) is 0 Å². The number of amides is 1. The van der Waals surface area contributed by atoms with Crippen molar-refractivity contribution in [3.8, 4) is 0 Å². The summed E-state index contributed by atoms with van der Waals surface area (Å²) in [5, 5.41) is 12.3. The second-order valence-corrected chi connectivity index (χ2v) is 4.24. The summed E-state index contributed by atoms with van der Waals surface area (Å²) >= 11 is 0. The lowest BCUT2D eigenvalue weighted by atomic mass is 10.2. The Kier molecular flexibility index (Phi) is 5.43. The van der Waals surface area contributed by atoms with Crippen LogP contribution in [-0.4, -0.2) is 52.2 Å². The van der Waals surface area contributed by atoms with E-state index in [2.05, 4.69) is 10.1 Å². The number of aromatic nitrogens is 2. The van der Waals surface area contributed by atoms with Gasteiger partial charge in [0, 0.05) is 13.6 Å². The van der Waals surface area contributed by atoms with E-state index < -0.39 is 11.9 Å². The van der Waals surface area contributed by atoms with Crippen molar-refractivity contribution < 1.29 is 24.0 Å². The average molecular weight is 271 g/mol. The number of carbonyl (C=O) groups is 2. The third-order valence-corrected chi connectivity index (χ3v) is 2.42. The lowest BCUT2D eigenvalue weighted by molar-refractivity contribution is -0.143. The van der Waals surface area contributed by atoms with Gasteiger partial charge in [-0.05, 0) is 6.92 Å². The normalized spacial score (nSPS) is 12.2. The molecule has 0 spiro atoms. The molecule has 0 fully saturated rings. The SMILES string of the molecule is Cc1noc(COCC(=O)N(C)CC(C)C(=O)O)n1. The first kappa shape index (κ1) is 15.1. The van der Waals surface area contributed by atoms with Crippen LogP contribution in [0.3, 0.4) is 0 Å². The Morgan fingerprint density at radius 1 is 1.53 bits per heavy atom. The molecule has 106 valence electrons. The van der Waals surface area contributed by atoms with Gasteiger partial charge in [-0.3, -0.25) is 9.59 Å². The minimum Gasteiger partial charge on any atom is -0.481 e. The minimum atomic E-state index is -0.943. The highest BCUT2D eigenvalue weighted by Crippen LogP contribution is 2.01. The van der Waals surface area contributed by atoms with Crippen molar-refractivity contribution in [3.63, 3.8) is 0 Å². The molecule has 0 aliphatic carbocycles. The van der Waals surface area contributed by atoms with Gasteiger partial charge in [0.2, 0.25) is 5.91 Å². The fourth-order valence-electron chi connectivity index (χ4n) is 1.33. The number of ether oxygens (including phenoxy) is 1. The van der Waals surface area contributed by atoms with Crippen molar-refractivity contribution in [1.82, 2.24) is 15.0 Å². The van der Waals surface area contributed by atoms with Crippen LogP contribution >= 0.6 is 0 Å². The first-order valence-corrected chi connectivity index (χ1v) is 5.74. The summed E-state index contributed by atoms with van der Waals surface area (Å²) in [5.74, 6) is -1.07. The Morgan fingerprint density at radius 3 is 2.74 bits per heavy atom. The van der Waals surface area contributed by atoms with E-state index in [1.54, 1.807) is 6.92 Å². The van der Waals surface area contributed by atoms with E-state index in [1.807, 2.05) is 0 Å². The number of rotatable bonds is 7. The third kappa shape index (κ3) is 5.04. The zero-order valence-corrected chi connectivity index (χ0v) is 11.1. The van der Waals surface area contributed by atoms with Crippen molar-refractivity contribution in [2.75, 3.05) is 20.2 Å². The lowest BCUT2D eigenvalue weighted by Gasteiger charge is -2.19. The number of carboxylic acids is 1. The molecule has 1 atom stereocenters. The second-order valence-electron chi connectivity index (χ2n) is 4.24. The van der Waals surface area contributed by atoms with Crippen LogP contribution in [0.25, 0.3) is 0 Å². The summed E-state index contributed by atoms with van der Waals surface area (Å²) in [6.07, 6.45) is 0. The monoisotopic (exact) mass is 271 g/mol. The summed E-state index contributed by atoms with van der Waals surface area (Å²) in [7, 11) is 1.53. The maximum atomic E-state index is 11.6. The molecule has 0 saturated carbocycles. The lowest BCUT2D eigenvalue weighted by Crippen LogP contribution is -2.35. The van der Waals surface area contributed by atoms with Crippen LogP contribution in [-0.2, 0) is 20.9 Å². The van der Waals surface area contributed by atoms with E-state index in [4.69, 9.17) is 14.4 Å². The van der Waals surface area contributed by atoms with Crippen LogP contribution in [0.2, 0.25) is 0 Å².